The second-order valence-corrected chi connectivity index (χ2v) is 8.34. The van der Waals surface area contributed by atoms with E-state index in [1.807, 2.05) is 23.5 Å². The minimum atomic E-state index is -0.173. The van der Waals surface area contributed by atoms with Gasteiger partial charge in [-0.05, 0) is 78.1 Å². The largest absolute Gasteiger partial charge is 0.303 e. The fourth-order valence-corrected chi connectivity index (χ4v) is 4.96. The number of nitrogens with one attached hydrogen (secondary N) is 1. The lowest BCUT2D eigenvalue weighted by molar-refractivity contribution is 0.418. The molecule has 2 aromatic rings. The maximum atomic E-state index is 13.0. The van der Waals surface area contributed by atoms with Gasteiger partial charge in [-0.1, -0.05) is 12.1 Å². The molecule has 4 heteroatoms. The van der Waals surface area contributed by atoms with Crippen LogP contribution in [0.2, 0.25) is 0 Å². The Morgan fingerprint density at radius 1 is 1.35 bits per heavy atom. The lowest BCUT2D eigenvalue weighted by Gasteiger charge is -2.27. The van der Waals surface area contributed by atoms with Crippen molar-refractivity contribution >= 4 is 33.9 Å². The molecule has 0 fully saturated rings. The predicted molar refractivity (Wildman–Crippen MR) is 90.7 cm³/mol. The number of rotatable bonds is 3. The predicted octanol–water partition coefficient (Wildman–Crippen LogP) is 5.22. The molecule has 1 heterocycles. The second-order valence-electron chi connectivity index (χ2n) is 5.31. The van der Waals surface area contributed by atoms with Crippen LogP contribution in [0.15, 0.2) is 30.3 Å². The first-order chi connectivity index (χ1) is 9.63. The number of thiophene rings is 1. The first kappa shape index (κ1) is 14.5. The van der Waals surface area contributed by atoms with Gasteiger partial charge in [0, 0.05) is 17.0 Å². The highest BCUT2D eigenvalue weighted by molar-refractivity contribution is 14.1. The summed E-state index contributed by atoms with van der Waals surface area (Å²) in [5.74, 6) is -0.173. The molecule has 0 saturated heterocycles. The quantitative estimate of drug-likeness (QED) is 0.696. The summed E-state index contributed by atoms with van der Waals surface area (Å²) in [5, 5.41) is 3.70. The summed E-state index contributed by atoms with van der Waals surface area (Å²) in [7, 11) is 0. The van der Waals surface area contributed by atoms with Crippen LogP contribution in [0.3, 0.4) is 0 Å². The van der Waals surface area contributed by atoms with E-state index < -0.39 is 0 Å². The molecule has 1 aromatic heterocycles. The van der Waals surface area contributed by atoms with Gasteiger partial charge in [-0.15, -0.1) is 11.3 Å². The molecule has 0 aliphatic heterocycles. The maximum Gasteiger partial charge on any atom is 0.123 e. The first-order valence-corrected chi connectivity index (χ1v) is 8.82. The van der Waals surface area contributed by atoms with Crippen LogP contribution in [0.5, 0.6) is 0 Å². The van der Waals surface area contributed by atoms with E-state index in [4.69, 9.17) is 0 Å². The van der Waals surface area contributed by atoms with Crippen molar-refractivity contribution in [2.24, 2.45) is 0 Å². The zero-order valence-electron chi connectivity index (χ0n) is 11.3. The second kappa shape index (κ2) is 6.12. The average molecular weight is 401 g/mol. The molecule has 1 aliphatic rings. The van der Waals surface area contributed by atoms with E-state index in [2.05, 4.69) is 40.9 Å². The minimum Gasteiger partial charge on any atom is -0.303 e. The van der Waals surface area contributed by atoms with Crippen molar-refractivity contribution in [3.8, 4) is 0 Å². The zero-order chi connectivity index (χ0) is 14.1. The fourth-order valence-electron chi connectivity index (χ4n) is 2.84. The molecule has 20 heavy (non-hydrogen) atoms. The van der Waals surface area contributed by atoms with Crippen molar-refractivity contribution in [1.29, 1.82) is 0 Å². The van der Waals surface area contributed by atoms with Crippen LogP contribution in [-0.4, -0.2) is 0 Å². The Kier molecular flexibility index (Phi) is 4.43. The van der Waals surface area contributed by atoms with Gasteiger partial charge >= 0.3 is 0 Å². The third-order valence-corrected chi connectivity index (χ3v) is 5.88. The van der Waals surface area contributed by atoms with Crippen molar-refractivity contribution in [2.75, 3.05) is 0 Å². The van der Waals surface area contributed by atoms with Gasteiger partial charge in [0.1, 0.15) is 5.82 Å². The van der Waals surface area contributed by atoms with E-state index >= 15 is 0 Å². The van der Waals surface area contributed by atoms with Crippen molar-refractivity contribution in [3.63, 3.8) is 0 Å². The third kappa shape index (κ3) is 3.07. The summed E-state index contributed by atoms with van der Waals surface area (Å²) in [4.78, 5) is 1.53. The molecule has 0 amide bonds. The molecule has 1 aliphatic carbocycles. The molecular formula is C16H17FINS. The Labute approximate surface area is 136 Å². The molecule has 106 valence electrons. The summed E-state index contributed by atoms with van der Waals surface area (Å²) in [6, 6.07) is 9.79. The summed E-state index contributed by atoms with van der Waals surface area (Å²) in [5.41, 5.74) is 2.61. The molecule has 0 saturated carbocycles. The van der Waals surface area contributed by atoms with E-state index in [1.165, 1.54) is 44.7 Å². The highest BCUT2D eigenvalue weighted by Crippen LogP contribution is 2.37. The number of benzene rings is 1. The number of fused-ring (bicyclic) bond motifs is 1. The zero-order valence-corrected chi connectivity index (χ0v) is 14.3. The van der Waals surface area contributed by atoms with Crippen LogP contribution in [0.1, 0.15) is 47.9 Å². The molecule has 1 aromatic carbocycles. The molecule has 1 N–H and O–H groups in total. The molecular weight excluding hydrogens is 384 g/mol. The van der Waals surface area contributed by atoms with Crippen molar-refractivity contribution in [1.82, 2.24) is 5.32 Å². The van der Waals surface area contributed by atoms with E-state index in [0.717, 1.165) is 5.56 Å². The monoisotopic (exact) mass is 401 g/mol. The summed E-state index contributed by atoms with van der Waals surface area (Å²) >= 11 is 4.32. The average Bonchev–Trinajstić information content (AvgIpc) is 2.81. The van der Waals surface area contributed by atoms with Crippen LogP contribution in [-0.2, 0) is 6.42 Å². The third-order valence-electron chi connectivity index (χ3n) is 3.90. The Morgan fingerprint density at radius 3 is 2.85 bits per heavy atom. The molecule has 0 spiro atoms. The van der Waals surface area contributed by atoms with Gasteiger partial charge in [0.05, 0.1) is 2.88 Å². The number of hydrogen-bond donors (Lipinski definition) is 1. The lowest BCUT2D eigenvalue weighted by atomic mass is 9.93. The van der Waals surface area contributed by atoms with Gasteiger partial charge < -0.3 is 5.32 Å². The van der Waals surface area contributed by atoms with Crippen LogP contribution in [0.25, 0.3) is 0 Å². The number of aryl methyl sites for hydroxylation is 1. The Balaban J connectivity index is 1.76. The topological polar surface area (TPSA) is 12.0 Å². The van der Waals surface area contributed by atoms with E-state index in [0.29, 0.717) is 6.04 Å². The highest BCUT2D eigenvalue weighted by Gasteiger charge is 2.24. The van der Waals surface area contributed by atoms with Crippen LogP contribution < -0.4 is 5.32 Å². The van der Waals surface area contributed by atoms with Crippen LogP contribution in [0.4, 0.5) is 4.39 Å². The van der Waals surface area contributed by atoms with E-state index in [-0.39, 0.29) is 11.9 Å². The Hall–Kier alpha value is -0.460. The molecule has 0 bridgehead atoms. The molecule has 0 radical (unpaired) electrons. The molecule has 3 rings (SSSR count). The highest BCUT2D eigenvalue weighted by atomic mass is 127. The standard InChI is InChI=1S/C16H17FINS/c1-10(11-5-7-12(17)8-6-11)19-14-3-2-4-15-13(14)9-16(18)20-15/h5-10,14,19H,2-4H2,1H3/t10-,14?/m1/s1. The van der Waals surface area contributed by atoms with Gasteiger partial charge in [-0.3, -0.25) is 0 Å². The van der Waals surface area contributed by atoms with Crippen LogP contribution in [0, 0.1) is 8.70 Å². The minimum absolute atomic E-state index is 0.173. The normalized spacial score (nSPS) is 19.6. The number of halogens is 2. The summed E-state index contributed by atoms with van der Waals surface area (Å²) < 4.78 is 14.4. The lowest BCUT2D eigenvalue weighted by Crippen LogP contribution is -2.27. The van der Waals surface area contributed by atoms with E-state index in [1.54, 1.807) is 0 Å². The maximum absolute atomic E-state index is 13.0. The van der Waals surface area contributed by atoms with Crippen molar-refractivity contribution < 1.29 is 4.39 Å². The number of hydrogen-bond acceptors (Lipinski definition) is 2. The SMILES string of the molecule is C[C@@H](NC1CCCc2sc(I)cc21)c1ccc(F)cc1. The van der Waals surface area contributed by atoms with Gasteiger partial charge in [0.25, 0.3) is 0 Å². The van der Waals surface area contributed by atoms with Crippen molar-refractivity contribution in [3.05, 3.63) is 55.0 Å². The molecule has 1 unspecified atom stereocenters. The Bertz CT molecular complexity index is 593. The van der Waals surface area contributed by atoms with Crippen LogP contribution >= 0.6 is 33.9 Å². The van der Waals surface area contributed by atoms with E-state index in [9.17, 15) is 4.39 Å². The molecule has 2 atom stereocenters. The first-order valence-electron chi connectivity index (χ1n) is 6.93. The van der Waals surface area contributed by atoms with Gasteiger partial charge in [-0.2, -0.15) is 0 Å². The fraction of sp³-hybridized carbons (Fsp3) is 0.375. The molecule has 1 nitrogen and oxygen atoms in total. The smallest absolute Gasteiger partial charge is 0.123 e. The van der Waals surface area contributed by atoms with Gasteiger partial charge in [0.15, 0.2) is 0 Å². The summed E-state index contributed by atoms with van der Waals surface area (Å²) in [6.45, 7) is 2.15. The van der Waals surface area contributed by atoms with Gasteiger partial charge in [0.2, 0.25) is 0 Å². The van der Waals surface area contributed by atoms with Crippen molar-refractivity contribution in [2.45, 2.75) is 38.3 Å². The summed E-state index contributed by atoms with van der Waals surface area (Å²) in [6.07, 6.45) is 3.65. The Morgan fingerprint density at radius 2 is 2.10 bits per heavy atom. The van der Waals surface area contributed by atoms with Gasteiger partial charge in [-0.25, -0.2) is 4.39 Å².